The molecule has 0 atom stereocenters. The highest BCUT2D eigenvalue weighted by Crippen LogP contribution is 2.09. The Morgan fingerprint density at radius 3 is 2.73 bits per heavy atom. The molecule has 1 aromatic carbocycles. The van der Waals surface area contributed by atoms with E-state index in [1.165, 1.54) is 17.5 Å². The number of rotatable bonds is 1. The fourth-order valence-electron chi connectivity index (χ4n) is 0.757. The zero-order valence-corrected chi connectivity index (χ0v) is 6.36. The van der Waals surface area contributed by atoms with Crippen LogP contribution in [0.5, 0.6) is 0 Å². The van der Waals surface area contributed by atoms with Crippen molar-refractivity contribution < 1.29 is 4.39 Å². The molecule has 11 heavy (non-hydrogen) atoms. The van der Waals surface area contributed by atoms with Gasteiger partial charge in [-0.25, -0.2) is 4.39 Å². The predicted molar refractivity (Wildman–Crippen MR) is 43.9 cm³/mol. The fourth-order valence-corrected chi connectivity index (χ4v) is 0.953. The highest BCUT2D eigenvalue weighted by Gasteiger charge is 2.03. The number of nitrogens with zero attached hydrogens (tertiary/aromatic N) is 1. The van der Waals surface area contributed by atoms with Crippen LogP contribution in [0.15, 0.2) is 18.2 Å². The summed E-state index contributed by atoms with van der Waals surface area (Å²) in [5, 5.41) is 9.77. The van der Waals surface area contributed by atoms with Gasteiger partial charge < -0.3 is 0 Å². The highest BCUT2D eigenvalue weighted by atomic mass is 32.1. The monoisotopic (exact) mass is 165 g/mol. The first-order chi connectivity index (χ1) is 5.29. The maximum absolute atomic E-state index is 12.7. The molecule has 0 aliphatic rings. The molecule has 0 unspecified atom stereocenters. The molecular weight excluding hydrogens is 161 g/mol. The van der Waals surface area contributed by atoms with Gasteiger partial charge in [0.25, 0.3) is 0 Å². The molecule has 0 fully saturated rings. The van der Waals surface area contributed by atoms with E-state index in [1.807, 2.05) is 0 Å². The molecule has 0 heterocycles. The minimum absolute atomic E-state index is 0.0162. The summed E-state index contributed by atoms with van der Waals surface area (Å²) >= 11 is 4.59. The molecule has 0 spiro atoms. The van der Waals surface area contributed by atoms with Crippen LogP contribution in [0.3, 0.4) is 0 Å². The molecule has 0 aromatic heterocycles. The Kier molecular flexibility index (Phi) is 2.29. The molecule has 0 aliphatic carbocycles. The lowest BCUT2D eigenvalue weighted by Crippen LogP contribution is -1.90. The second-order valence-electron chi connectivity index (χ2n) is 1.93. The fraction of sp³-hybridized carbons (Fsp3) is 0. The quantitative estimate of drug-likeness (QED) is 0.594. The number of benzene rings is 1. The van der Waals surface area contributed by atoms with E-state index in [-0.39, 0.29) is 5.56 Å². The van der Waals surface area contributed by atoms with Crippen molar-refractivity contribution in [3.8, 4) is 6.07 Å². The van der Waals surface area contributed by atoms with Crippen molar-refractivity contribution in [1.82, 2.24) is 0 Å². The Labute approximate surface area is 69.1 Å². The third-order valence-electron chi connectivity index (χ3n) is 1.28. The normalized spacial score (nSPS) is 8.73. The lowest BCUT2D eigenvalue weighted by atomic mass is 10.1. The maximum Gasteiger partial charge on any atom is 0.141 e. The molecule has 1 nitrogen and oxygen atoms in total. The van der Waals surface area contributed by atoms with Gasteiger partial charge in [0, 0.05) is 10.9 Å². The van der Waals surface area contributed by atoms with E-state index in [1.54, 1.807) is 12.1 Å². The summed E-state index contributed by atoms with van der Waals surface area (Å²) in [5.74, 6) is -0.522. The van der Waals surface area contributed by atoms with E-state index in [0.29, 0.717) is 5.56 Å². The molecule has 0 amide bonds. The molecule has 1 rings (SSSR count). The van der Waals surface area contributed by atoms with Gasteiger partial charge in [-0.2, -0.15) is 5.26 Å². The first kappa shape index (κ1) is 7.83. The number of halogens is 1. The maximum atomic E-state index is 12.7. The Morgan fingerprint density at radius 1 is 1.55 bits per heavy atom. The molecule has 3 heteroatoms. The van der Waals surface area contributed by atoms with Gasteiger partial charge >= 0.3 is 0 Å². The van der Waals surface area contributed by atoms with Gasteiger partial charge in [0.2, 0.25) is 0 Å². The highest BCUT2D eigenvalue weighted by molar-refractivity contribution is 7.79. The Morgan fingerprint density at radius 2 is 2.27 bits per heavy atom. The average molecular weight is 165 g/mol. The lowest BCUT2D eigenvalue weighted by Gasteiger charge is -1.95. The minimum Gasteiger partial charge on any atom is -0.206 e. The van der Waals surface area contributed by atoms with Gasteiger partial charge in [0.05, 0.1) is 5.56 Å². The summed E-state index contributed by atoms with van der Waals surface area (Å²) in [5.41, 5.74) is 0.477. The van der Waals surface area contributed by atoms with E-state index in [0.717, 1.165) is 0 Å². The summed E-state index contributed by atoms with van der Waals surface area (Å²) in [6.45, 7) is 0. The van der Waals surface area contributed by atoms with Crippen LogP contribution in [0.1, 0.15) is 11.1 Å². The first-order valence-electron chi connectivity index (χ1n) is 2.93. The standard InChI is InChI=1S/C8H4FNS/c9-8-3-1-2-6(5-11)7(8)4-10/h1-3,5H. The lowest BCUT2D eigenvalue weighted by molar-refractivity contribution is 0.624. The third kappa shape index (κ3) is 1.41. The molecule has 0 bridgehead atoms. The third-order valence-corrected chi connectivity index (χ3v) is 1.54. The average Bonchev–Trinajstić information content (AvgIpc) is 2.04. The van der Waals surface area contributed by atoms with Crippen LogP contribution in [0.2, 0.25) is 0 Å². The van der Waals surface area contributed by atoms with E-state index in [4.69, 9.17) is 5.26 Å². The summed E-state index contributed by atoms with van der Waals surface area (Å²) in [6.07, 6.45) is 0. The van der Waals surface area contributed by atoms with Gasteiger partial charge in [-0.1, -0.05) is 24.4 Å². The Balaban J connectivity index is 3.38. The molecule has 0 saturated heterocycles. The number of hydrogen-bond donors (Lipinski definition) is 0. The van der Waals surface area contributed by atoms with Crippen molar-refractivity contribution in [2.45, 2.75) is 0 Å². The molecule has 0 radical (unpaired) electrons. The zero-order valence-electron chi connectivity index (χ0n) is 5.54. The number of thiocarbonyl (C=S) groups is 1. The summed E-state index contributed by atoms with van der Waals surface area (Å²) in [7, 11) is 0. The van der Waals surface area contributed by atoms with Gasteiger partial charge in [-0.05, 0) is 6.07 Å². The van der Waals surface area contributed by atoms with Crippen LogP contribution in [-0.2, 0) is 0 Å². The second kappa shape index (κ2) is 3.22. The van der Waals surface area contributed by atoms with Gasteiger partial charge in [0.15, 0.2) is 0 Å². The minimum atomic E-state index is -0.522. The Bertz CT molecular complexity index is 327. The number of hydrogen-bond acceptors (Lipinski definition) is 2. The first-order valence-corrected chi connectivity index (χ1v) is 3.40. The van der Waals surface area contributed by atoms with Crippen LogP contribution >= 0.6 is 12.2 Å². The molecule has 1 aromatic rings. The van der Waals surface area contributed by atoms with Crippen molar-refractivity contribution >= 4 is 17.6 Å². The smallest absolute Gasteiger partial charge is 0.141 e. The van der Waals surface area contributed by atoms with Crippen molar-refractivity contribution in [2.24, 2.45) is 0 Å². The van der Waals surface area contributed by atoms with E-state index in [2.05, 4.69) is 12.2 Å². The van der Waals surface area contributed by atoms with Crippen LogP contribution in [-0.4, -0.2) is 5.37 Å². The second-order valence-corrected chi connectivity index (χ2v) is 2.17. The van der Waals surface area contributed by atoms with Crippen LogP contribution in [0.4, 0.5) is 4.39 Å². The molecular formula is C8H4FNS. The van der Waals surface area contributed by atoms with Gasteiger partial charge in [0.1, 0.15) is 11.9 Å². The SMILES string of the molecule is N#Cc1c(F)cccc1C=S. The van der Waals surface area contributed by atoms with Crippen LogP contribution in [0.25, 0.3) is 0 Å². The van der Waals surface area contributed by atoms with Crippen LogP contribution in [0, 0.1) is 17.1 Å². The van der Waals surface area contributed by atoms with Gasteiger partial charge in [-0.3, -0.25) is 0 Å². The van der Waals surface area contributed by atoms with Crippen molar-refractivity contribution in [1.29, 1.82) is 5.26 Å². The molecule has 0 saturated carbocycles. The number of nitriles is 1. The van der Waals surface area contributed by atoms with Gasteiger partial charge in [-0.15, -0.1) is 0 Å². The predicted octanol–water partition coefficient (Wildman–Crippen LogP) is 2.05. The molecule has 0 N–H and O–H groups in total. The summed E-state index contributed by atoms with van der Waals surface area (Å²) < 4.78 is 12.7. The van der Waals surface area contributed by atoms with E-state index >= 15 is 0 Å². The summed E-state index contributed by atoms with van der Waals surface area (Å²) in [4.78, 5) is 0. The molecule has 0 aliphatic heterocycles. The molecule has 54 valence electrons. The van der Waals surface area contributed by atoms with Crippen molar-refractivity contribution in [2.75, 3.05) is 0 Å². The zero-order chi connectivity index (χ0) is 8.27. The largest absolute Gasteiger partial charge is 0.206 e. The van der Waals surface area contributed by atoms with E-state index in [9.17, 15) is 4.39 Å². The van der Waals surface area contributed by atoms with E-state index < -0.39 is 5.82 Å². The summed E-state index contributed by atoms with van der Waals surface area (Å²) in [6, 6.07) is 6.11. The van der Waals surface area contributed by atoms with Crippen molar-refractivity contribution in [3.05, 3.63) is 35.1 Å². The van der Waals surface area contributed by atoms with Crippen molar-refractivity contribution in [3.63, 3.8) is 0 Å². The topological polar surface area (TPSA) is 23.8 Å². The van der Waals surface area contributed by atoms with Crippen LogP contribution < -0.4 is 0 Å². The Hall–Kier alpha value is -1.27.